The van der Waals surface area contributed by atoms with Gasteiger partial charge in [-0.05, 0) is 0 Å². The molecule has 1 fully saturated rings. The highest BCUT2D eigenvalue weighted by Crippen LogP contribution is 2.26. The maximum Gasteiger partial charge on any atom is 0.343 e. The van der Waals surface area contributed by atoms with Crippen molar-refractivity contribution >= 4 is 17.6 Å². The number of ether oxygens (including phenoxy) is 3. The molecule has 0 aromatic rings. The van der Waals surface area contributed by atoms with Crippen molar-refractivity contribution in [3.8, 4) is 0 Å². The van der Waals surface area contributed by atoms with Crippen LogP contribution in [0.4, 0.5) is 4.79 Å². The largest absolute Gasteiger partial charge is 0.394 e. The zero-order chi connectivity index (χ0) is 19.0. The number of nitrogens with zero attached hydrogens (tertiary/aromatic N) is 3. The Morgan fingerprint density at radius 1 is 1.28 bits per heavy atom. The van der Waals surface area contributed by atoms with E-state index in [0.717, 1.165) is 4.90 Å². The minimum atomic E-state index is -1.44. The number of amides is 2. The monoisotopic (exact) mass is 385 g/mol. The van der Waals surface area contributed by atoms with Gasteiger partial charge in [-0.25, -0.2) is 4.79 Å². The van der Waals surface area contributed by atoms with E-state index in [4.69, 9.17) is 25.8 Å². The fourth-order valence-electron chi connectivity index (χ4n) is 2.59. The number of hydrogen-bond acceptors (Lipinski definition) is 9. The van der Waals surface area contributed by atoms with Crippen molar-refractivity contribution in [2.75, 3.05) is 46.4 Å². The predicted molar refractivity (Wildman–Crippen MR) is 85.8 cm³/mol. The molecule has 0 aromatic heterocycles. The summed E-state index contributed by atoms with van der Waals surface area (Å²) < 4.78 is 15.2. The van der Waals surface area contributed by atoms with E-state index in [2.05, 4.69) is 5.29 Å². The van der Waals surface area contributed by atoms with Crippen molar-refractivity contribution in [1.29, 1.82) is 0 Å². The van der Waals surface area contributed by atoms with Crippen LogP contribution in [-0.2, 0) is 14.2 Å². The number of nitroso groups, excluding NO2 is 1. The minimum absolute atomic E-state index is 0.0333. The van der Waals surface area contributed by atoms with Crippen LogP contribution in [-0.4, -0.2) is 108 Å². The van der Waals surface area contributed by atoms with Gasteiger partial charge in [0.25, 0.3) is 0 Å². The summed E-state index contributed by atoms with van der Waals surface area (Å²) in [4.78, 5) is 24.6. The average molecular weight is 386 g/mol. The molecule has 25 heavy (non-hydrogen) atoms. The molecule has 0 radical (unpaired) electrons. The summed E-state index contributed by atoms with van der Waals surface area (Å²) in [6.07, 6.45) is -5.15. The van der Waals surface area contributed by atoms with Crippen molar-refractivity contribution in [3.05, 3.63) is 4.91 Å². The molecule has 11 nitrogen and oxygen atoms in total. The number of aliphatic hydroxyl groups excluding tert-OH is 3. The van der Waals surface area contributed by atoms with E-state index in [1.807, 2.05) is 0 Å². The molecular formula is C13H24ClN3O8. The van der Waals surface area contributed by atoms with Crippen LogP contribution < -0.4 is 0 Å². The maximum absolute atomic E-state index is 12.6. The van der Waals surface area contributed by atoms with E-state index >= 15 is 0 Å². The third-order valence-electron chi connectivity index (χ3n) is 3.84. The summed E-state index contributed by atoms with van der Waals surface area (Å²) in [7, 11) is 2.67. The highest BCUT2D eigenvalue weighted by Gasteiger charge is 2.49. The van der Waals surface area contributed by atoms with Crippen LogP contribution in [0, 0.1) is 4.91 Å². The first kappa shape index (κ1) is 22.0. The number of hydrogen-bond donors (Lipinski definition) is 3. The van der Waals surface area contributed by atoms with Gasteiger partial charge in [0, 0.05) is 26.6 Å². The summed E-state index contributed by atoms with van der Waals surface area (Å²) in [5, 5.41) is 33.4. The SMILES string of the molecule is COCCN(C(=O)N(CCCl)N=O)[C@H]1[C@@H](O)[C@@H](OC)O[C@H](CO)[C@H]1O. The molecule has 0 bridgehead atoms. The quantitative estimate of drug-likeness (QED) is 0.253. The molecular weight excluding hydrogens is 362 g/mol. The predicted octanol–water partition coefficient (Wildman–Crippen LogP) is -1.27. The fourth-order valence-corrected chi connectivity index (χ4v) is 2.75. The third kappa shape index (κ3) is 5.20. The number of urea groups is 1. The van der Waals surface area contributed by atoms with Crippen LogP contribution in [0.5, 0.6) is 0 Å². The van der Waals surface area contributed by atoms with Crippen LogP contribution in [0.3, 0.4) is 0 Å². The van der Waals surface area contributed by atoms with Gasteiger partial charge in [0.05, 0.1) is 31.1 Å². The van der Waals surface area contributed by atoms with Gasteiger partial charge in [-0.15, -0.1) is 16.5 Å². The molecule has 3 N–H and O–H groups in total. The normalized spacial score (nSPS) is 29.3. The zero-order valence-electron chi connectivity index (χ0n) is 14.0. The van der Waals surface area contributed by atoms with E-state index < -0.39 is 43.3 Å². The second-order valence-electron chi connectivity index (χ2n) is 5.30. The molecule has 146 valence electrons. The molecule has 2 amide bonds. The van der Waals surface area contributed by atoms with E-state index in [1.165, 1.54) is 14.2 Å². The Kier molecular flexibility index (Phi) is 9.50. The number of carbonyl (C=O) groups excluding carboxylic acids is 1. The molecule has 1 rings (SSSR count). The summed E-state index contributed by atoms with van der Waals surface area (Å²) in [5.41, 5.74) is 0. The molecule has 0 aliphatic carbocycles. The first-order valence-electron chi connectivity index (χ1n) is 7.58. The summed E-state index contributed by atoms with van der Waals surface area (Å²) in [6.45, 7) is -0.706. The Labute approximate surface area is 149 Å². The number of carbonyl (C=O) groups is 1. The van der Waals surface area contributed by atoms with E-state index in [9.17, 15) is 25.0 Å². The fraction of sp³-hybridized carbons (Fsp3) is 0.923. The summed E-state index contributed by atoms with van der Waals surface area (Å²) >= 11 is 5.55. The standard InChI is InChI=1S/C13H24ClN3O8/c1-23-6-5-16(13(21)17(15-22)4-3-14)9-10(19)8(7-18)25-12(24-2)11(9)20/h8-12,18-20H,3-7H2,1-2H3/t8-,9-,10-,11-,12+/m1/s1. The molecule has 5 atom stereocenters. The summed E-state index contributed by atoms with van der Waals surface area (Å²) in [6, 6.07) is -2.10. The number of methoxy groups -OCH3 is 2. The Morgan fingerprint density at radius 2 is 1.96 bits per heavy atom. The van der Waals surface area contributed by atoms with Crippen molar-refractivity contribution in [3.63, 3.8) is 0 Å². The maximum atomic E-state index is 12.6. The molecule has 0 saturated carbocycles. The second-order valence-corrected chi connectivity index (χ2v) is 5.67. The molecule has 0 unspecified atom stereocenters. The van der Waals surface area contributed by atoms with Crippen molar-refractivity contribution in [2.45, 2.75) is 30.6 Å². The van der Waals surface area contributed by atoms with Crippen molar-refractivity contribution in [1.82, 2.24) is 9.91 Å². The number of aliphatic hydroxyl groups is 3. The highest BCUT2D eigenvalue weighted by molar-refractivity contribution is 6.18. The molecule has 1 saturated heterocycles. The lowest BCUT2D eigenvalue weighted by Gasteiger charge is -2.46. The molecule has 1 heterocycles. The lowest BCUT2D eigenvalue weighted by Crippen LogP contribution is -2.67. The molecule has 1 aliphatic rings. The summed E-state index contributed by atoms with van der Waals surface area (Å²) in [5.74, 6) is -0.0333. The van der Waals surface area contributed by atoms with E-state index in [0.29, 0.717) is 5.01 Å². The minimum Gasteiger partial charge on any atom is -0.394 e. The molecule has 0 spiro atoms. The molecule has 12 heteroatoms. The van der Waals surface area contributed by atoms with Crippen molar-refractivity contribution in [2.24, 2.45) is 5.29 Å². The van der Waals surface area contributed by atoms with Crippen LogP contribution in [0.1, 0.15) is 0 Å². The number of alkyl halides is 1. The van der Waals surface area contributed by atoms with Gasteiger partial charge >= 0.3 is 6.03 Å². The number of halogens is 1. The smallest absolute Gasteiger partial charge is 0.343 e. The van der Waals surface area contributed by atoms with Crippen LogP contribution in [0.25, 0.3) is 0 Å². The molecule has 1 aliphatic heterocycles. The zero-order valence-corrected chi connectivity index (χ0v) is 14.8. The first-order chi connectivity index (χ1) is 12.0. The lowest BCUT2D eigenvalue weighted by atomic mass is 9.94. The Balaban J connectivity index is 3.15. The Hall–Kier alpha value is -1.08. The second kappa shape index (κ2) is 10.8. The third-order valence-corrected chi connectivity index (χ3v) is 4.01. The number of rotatable bonds is 9. The van der Waals surface area contributed by atoms with Crippen LogP contribution in [0.2, 0.25) is 0 Å². The van der Waals surface area contributed by atoms with Gasteiger partial charge in [-0.1, -0.05) is 0 Å². The van der Waals surface area contributed by atoms with Gasteiger partial charge in [0.15, 0.2) is 6.29 Å². The molecule has 0 aromatic carbocycles. The van der Waals surface area contributed by atoms with Gasteiger partial charge < -0.3 is 34.4 Å². The van der Waals surface area contributed by atoms with E-state index in [-0.39, 0.29) is 25.6 Å². The van der Waals surface area contributed by atoms with Gasteiger partial charge in [-0.3, -0.25) is 0 Å². The Bertz CT molecular complexity index is 416. The Morgan fingerprint density at radius 3 is 2.44 bits per heavy atom. The van der Waals surface area contributed by atoms with Gasteiger partial charge in [-0.2, -0.15) is 5.01 Å². The van der Waals surface area contributed by atoms with Crippen LogP contribution >= 0.6 is 11.6 Å². The van der Waals surface area contributed by atoms with Crippen LogP contribution in [0.15, 0.2) is 5.29 Å². The van der Waals surface area contributed by atoms with Gasteiger partial charge in [0.1, 0.15) is 18.3 Å². The highest BCUT2D eigenvalue weighted by atomic mass is 35.5. The van der Waals surface area contributed by atoms with Crippen molar-refractivity contribution < 1.29 is 34.3 Å². The lowest BCUT2D eigenvalue weighted by molar-refractivity contribution is -0.281. The van der Waals surface area contributed by atoms with E-state index in [1.54, 1.807) is 0 Å². The topological polar surface area (TPSA) is 141 Å². The average Bonchev–Trinajstić information content (AvgIpc) is 2.62. The van der Waals surface area contributed by atoms with Gasteiger partial charge in [0.2, 0.25) is 0 Å². The first-order valence-corrected chi connectivity index (χ1v) is 8.11.